The molecule has 1 amide bonds. The first-order chi connectivity index (χ1) is 11.7. The third-order valence-electron chi connectivity index (χ3n) is 4.30. The van der Waals surface area contributed by atoms with Crippen molar-refractivity contribution in [1.29, 1.82) is 0 Å². The van der Waals surface area contributed by atoms with Crippen LogP contribution in [0.5, 0.6) is 0 Å². The van der Waals surface area contributed by atoms with E-state index in [-0.39, 0.29) is 11.8 Å². The first-order valence-corrected chi connectivity index (χ1v) is 9.74. The molecule has 0 spiro atoms. The van der Waals surface area contributed by atoms with Gasteiger partial charge in [0.25, 0.3) is 0 Å². The zero-order chi connectivity index (χ0) is 16.9. The quantitative estimate of drug-likeness (QED) is 0.562. The van der Waals surface area contributed by atoms with E-state index in [1.807, 2.05) is 10.9 Å². The summed E-state index contributed by atoms with van der Waals surface area (Å²) in [6.45, 7) is 4.17. The van der Waals surface area contributed by atoms with Gasteiger partial charge in [0.2, 0.25) is 5.91 Å². The van der Waals surface area contributed by atoms with Crippen LogP contribution in [0.3, 0.4) is 0 Å². The second-order valence-corrected chi connectivity index (χ2v) is 6.78. The van der Waals surface area contributed by atoms with Gasteiger partial charge in [0.15, 0.2) is 10.8 Å². The average molecular weight is 348 g/mol. The molecule has 0 atom stereocenters. The minimum atomic E-state index is 0.169. The van der Waals surface area contributed by atoms with Crippen molar-refractivity contribution in [3.05, 3.63) is 6.20 Å². The van der Waals surface area contributed by atoms with Crippen LogP contribution < -0.4 is 10.6 Å². The Labute approximate surface area is 146 Å². The zero-order valence-corrected chi connectivity index (χ0v) is 15.0. The summed E-state index contributed by atoms with van der Waals surface area (Å²) in [5, 5.41) is 12.4. The van der Waals surface area contributed by atoms with E-state index in [0.717, 1.165) is 47.8 Å². The number of anilines is 1. The summed E-state index contributed by atoms with van der Waals surface area (Å²) in [4.78, 5) is 21.0. The molecule has 0 aromatic carbocycles. The van der Waals surface area contributed by atoms with Crippen molar-refractivity contribution < 1.29 is 4.79 Å². The molecule has 2 aromatic heterocycles. The third-order valence-corrected chi connectivity index (χ3v) is 4.85. The van der Waals surface area contributed by atoms with E-state index in [0.29, 0.717) is 13.1 Å². The molecule has 1 aliphatic rings. The highest BCUT2D eigenvalue weighted by atomic mass is 32.2. The van der Waals surface area contributed by atoms with E-state index < -0.39 is 0 Å². The molecule has 0 radical (unpaired) electrons. The summed E-state index contributed by atoms with van der Waals surface area (Å²) < 4.78 is 1.84. The summed E-state index contributed by atoms with van der Waals surface area (Å²) in [5.74, 6) is 1.22. The van der Waals surface area contributed by atoms with Crippen LogP contribution in [0.25, 0.3) is 11.0 Å². The first-order valence-electron chi connectivity index (χ1n) is 8.52. The molecule has 2 heterocycles. The van der Waals surface area contributed by atoms with Crippen molar-refractivity contribution >= 4 is 34.5 Å². The molecular weight excluding hydrogens is 324 g/mol. The molecule has 3 rings (SSSR count). The lowest BCUT2D eigenvalue weighted by Crippen LogP contribution is -2.36. The molecule has 8 heteroatoms. The Morgan fingerprint density at radius 3 is 2.88 bits per heavy atom. The Morgan fingerprint density at radius 1 is 1.38 bits per heavy atom. The molecule has 1 fully saturated rings. The average Bonchev–Trinajstić information content (AvgIpc) is 2.94. The summed E-state index contributed by atoms with van der Waals surface area (Å²) in [6.07, 6.45) is 8.00. The second-order valence-electron chi connectivity index (χ2n) is 6.01. The fourth-order valence-corrected chi connectivity index (χ4v) is 3.03. The summed E-state index contributed by atoms with van der Waals surface area (Å²) >= 11 is 1.51. The van der Waals surface area contributed by atoms with Gasteiger partial charge in [-0.3, -0.25) is 4.79 Å². The molecule has 0 saturated heterocycles. The Hall–Kier alpha value is -1.83. The maximum Gasteiger partial charge on any atom is 0.223 e. The summed E-state index contributed by atoms with van der Waals surface area (Å²) in [7, 11) is 0. The van der Waals surface area contributed by atoms with Gasteiger partial charge in [0, 0.05) is 19.0 Å². The minimum absolute atomic E-state index is 0.169. The number of hydrogen-bond donors (Lipinski definition) is 2. The largest absolute Gasteiger partial charge is 0.369 e. The van der Waals surface area contributed by atoms with Crippen molar-refractivity contribution in [1.82, 2.24) is 25.1 Å². The van der Waals surface area contributed by atoms with E-state index in [1.165, 1.54) is 18.2 Å². The monoisotopic (exact) mass is 348 g/mol. The fourth-order valence-electron chi connectivity index (χ4n) is 2.67. The predicted octanol–water partition coefficient (Wildman–Crippen LogP) is 2.29. The van der Waals surface area contributed by atoms with E-state index >= 15 is 0 Å². The highest BCUT2D eigenvalue weighted by Crippen LogP contribution is 2.26. The molecule has 2 aromatic rings. The molecule has 0 unspecified atom stereocenters. The number of carbonyl (C=O) groups is 1. The number of aromatic nitrogens is 4. The molecule has 1 saturated carbocycles. The molecule has 1 aliphatic carbocycles. The Kier molecular flexibility index (Phi) is 5.55. The molecule has 7 nitrogen and oxygen atoms in total. The Balaban J connectivity index is 1.71. The van der Waals surface area contributed by atoms with Gasteiger partial charge >= 0.3 is 0 Å². The number of fused-ring (bicyclic) bond motifs is 1. The number of nitrogens with zero attached hydrogens (tertiary/aromatic N) is 4. The summed E-state index contributed by atoms with van der Waals surface area (Å²) in [5.41, 5.74) is 0.811. The lowest BCUT2D eigenvalue weighted by atomic mass is 9.85. The number of rotatable bonds is 8. The fraction of sp³-hybridized carbons (Fsp3) is 0.625. The standard InChI is InChI=1S/C16H24N6OS/c1-3-7-17-13-12-10-19-22(14(12)21-16(20-13)24-2)9-8-18-15(23)11-5-4-6-11/h10-11H,3-9H2,1-2H3,(H,18,23)(H,17,20,21). The molecular formula is C16H24N6OS. The van der Waals surface area contributed by atoms with Crippen LogP contribution in [0.4, 0.5) is 5.82 Å². The van der Waals surface area contributed by atoms with Crippen molar-refractivity contribution in [2.24, 2.45) is 5.92 Å². The maximum absolute atomic E-state index is 11.9. The van der Waals surface area contributed by atoms with Crippen molar-refractivity contribution in [2.75, 3.05) is 24.7 Å². The van der Waals surface area contributed by atoms with Crippen LogP contribution >= 0.6 is 11.8 Å². The topological polar surface area (TPSA) is 84.7 Å². The molecule has 0 bridgehead atoms. The maximum atomic E-state index is 11.9. The molecule has 2 N–H and O–H groups in total. The van der Waals surface area contributed by atoms with Crippen molar-refractivity contribution in [2.45, 2.75) is 44.3 Å². The van der Waals surface area contributed by atoms with E-state index in [4.69, 9.17) is 0 Å². The second kappa shape index (κ2) is 7.83. The van der Waals surface area contributed by atoms with Gasteiger partial charge in [0.1, 0.15) is 5.82 Å². The summed E-state index contributed by atoms with van der Waals surface area (Å²) in [6, 6.07) is 0. The number of nitrogens with one attached hydrogen (secondary N) is 2. The van der Waals surface area contributed by atoms with E-state index in [1.54, 1.807) is 6.20 Å². The first kappa shape index (κ1) is 17.0. The molecule has 0 aliphatic heterocycles. The number of carbonyl (C=O) groups excluding carboxylic acids is 1. The van der Waals surface area contributed by atoms with Crippen LogP contribution in [0, 0.1) is 5.92 Å². The van der Waals surface area contributed by atoms with Crippen LogP contribution in [-0.4, -0.2) is 45.0 Å². The van der Waals surface area contributed by atoms with Gasteiger partial charge in [-0.25, -0.2) is 14.6 Å². The smallest absolute Gasteiger partial charge is 0.223 e. The van der Waals surface area contributed by atoms with Gasteiger partial charge in [-0.1, -0.05) is 25.1 Å². The lowest BCUT2D eigenvalue weighted by molar-refractivity contribution is -0.127. The molecule has 130 valence electrons. The van der Waals surface area contributed by atoms with Crippen LogP contribution in [0.2, 0.25) is 0 Å². The normalized spacial score (nSPS) is 14.6. The Morgan fingerprint density at radius 2 is 2.21 bits per heavy atom. The zero-order valence-electron chi connectivity index (χ0n) is 14.2. The van der Waals surface area contributed by atoms with Gasteiger partial charge in [-0.2, -0.15) is 5.10 Å². The van der Waals surface area contributed by atoms with Gasteiger partial charge in [0.05, 0.1) is 18.1 Å². The van der Waals surface area contributed by atoms with Crippen LogP contribution in [0.1, 0.15) is 32.6 Å². The molecule has 24 heavy (non-hydrogen) atoms. The van der Waals surface area contributed by atoms with Crippen LogP contribution in [0.15, 0.2) is 11.4 Å². The van der Waals surface area contributed by atoms with Crippen LogP contribution in [-0.2, 0) is 11.3 Å². The SMILES string of the molecule is CCCNc1nc(SC)nc2c1cnn2CCNC(=O)C1CCC1. The highest BCUT2D eigenvalue weighted by molar-refractivity contribution is 7.98. The van der Waals surface area contributed by atoms with Gasteiger partial charge in [-0.15, -0.1) is 0 Å². The number of thioether (sulfide) groups is 1. The van der Waals surface area contributed by atoms with Crippen molar-refractivity contribution in [3.63, 3.8) is 0 Å². The lowest BCUT2D eigenvalue weighted by Gasteiger charge is -2.23. The van der Waals surface area contributed by atoms with E-state index in [9.17, 15) is 4.79 Å². The predicted molar refractivity (Wildman–Crippen MR) is 96.2 cm³/mol. The Bertz CT molecular complexity index is 712. The van der Waals surface area contributed by atoms with Gasteiger partial charge < -0.3 is 10.6 Å². The van der Waals surface area contributed by atoms with Gasteiger partial charge in [-0.05, 0) is 25.5 Å². The minimum Gasteiger partial charge on any atom is -0.369 e. The number of amides is 1. The van der Waals surface area contributed by atoms with Crippen molar-refractivity contribution in [3.8, 4) is 0 Å². The third kappa shape index (κ3) is 3.63. The highest BCUT2D eigenvalue weighted by Gasteiger charge is 2.24. The van der Waals surface area contributed by atoms with E-state index in [2.05, 4.69) is 32.6 Å². The number of hydrogen-bond acceptors (Lipinski definition) is 6.